The number of furan rings is 1. The van der Waals surface area contributed by atoms with Crippen LogP contribution in [0.1, 0.15) is 21.7 Å². The molecule has 3 aromatic carbocycles. The average molecular weight is 426 g/mol. The van der Waals surface area contributed by atoms with Gasteiger partial charge in [-0.2, -0.15) is 5.26 Å². The molecule has 0 bridgehead atoms. The Balaban J connectivity index is 1.43. The highest BCUT2D eigenvalue weighted by atomic mass is 19.1. The Hall–Kier alpha value is -4.37. The molecule has 0 aliphatic carbocycles. The van der Waals surface area contributed by atoms with Gasteiger partial charge in [0.1, 0.15) is 23.9 Å². The minimum absolute atomic E-state index is 0.146. The first-order valence-corrected chi connectivity index (χ1v) is 9.96. The highest BCUT2D eigenvalue weighted by Gasteiger charge is 2.14. The third-order valence-electron chi connectivity index (χ3n) is 4.82. The van der Waals surface area contributed by atoms with Crippen LogP contribution in [0.25, 0.3) is 11.3 Å². The normalized spacial score (nSPS) is 10.4. The molecule has 0 saturated carbocycles. The van der Waals surface area contributed by atoms with Crippen molar-refractivity contribution in [2.24, 2.45) is 0 Å². The standard InChI is InChI=1S/C26H19FN2O3/c27-21-9-7-19(8-10-21)24-13-14-25(32-24)26(30)29-23-4-2-1-3-20(23)17-31-22-11-5-18(6-12-22)15-16-28/h1-14H,15,17H2,(H,29,30). The van der Waals surface area contributed by atoms with Crippen molar-refractivity contribution in [3.8, 4) is 23.1 Å². The van der Waals surface area contributed by atoms with Gasteiger partial charge in [0.2, 0.25) is 0 Å². The van der Waals surface area contributed by atoms with E-state index in [0.29, 0.717) is 29.2 Å². The molecule has 0 fully saturated rings. The summed E-state index contributed by atoms with van der Waals surface area (Å²) in [6, 6.07) is 25.9. The van der Waals surface area contributed by atoms with Gasteiger partial charge in [0.25, 0.3) is 5.91 Å². The zero-order valence-corrected chi connectivity index (χ0v) is 17.0. The van der Waals surface area contributed by atoms with E-state index in [1.54, 1.807) is 30.3 Å². The lowest BCUT2D eigenvalue weighted by atomic mass is 10.1. The van der Waals surface area contributed by atoms with Gasteiger partial charge in [0, 0.05) is 16.8 Å². The molecule has 0 spiro atoms. The number of hydrogen-bond acceptors (Lipinski definition) is 4. The molecular formula is C26H19FN2O3. The van der Waals surface area contributed by atoms with Crippen molar-refractivity contribution < 1.29 is 18.3 Å². The Morgan fingerprint density at radius 2 is 1.72 bits per heavy atom. The molecule has 1 heterocycles. The van der Waals surface area contributed by atoms with Crippen LogP contribution in [0.2, 0.25) is 0 Å². The number of para-hydroxylation sites is 1. The van der Waals surface area contributed by atoms with E-state index < -0.39 is 5.91 Å². The predicted octanol–water partition coefficient (Wildman–Crippen LogP) is 5.98. The topological polar surface area (TPSA) is 75.3 Å². The van der Waals surface area contributed by atoms with Crippen molar-refractivity contribution in [3.05, 3.63) is 108 Å². The maximum atomic E-state index is 13.1. The molecule has 0 aliphatic rings. The van der Waals surface area contributed by atoms with Crippen molar-refractivity contribution in [1.82, 2.24) is 0 Å². The molecule has 5 nitrogen and oxygen atoms in total. The van der Waals surface area contributed by atoms with E-state index in [0.717, 1.165) is 11.1 Å². The van der Waals surface area contributed by atoms with E-state index in [2.05, 4.69) is 11.4 Å². The molecule has 4 aromatic rings. The molecule has 0 saturated heterocycles. The van der Waals surface area contributed by atoms with E-state index in [-0.39, 0.29) is 18.2 Å². The van der Waals surface area contributed by atoms with Gasteiger partial charge in [0.15, 0.2) is 5.76 Å². The summed E-state index contributed by atoms with van der Waals surface area (Å²) in [6.07, 6.45) is 0.352. The SMILES string of the molecule is N#CCc1ccc(OCc2ccccc2NC(=O)c2ccc(-c3ccc(F)cc3)o2)cc1. The predicted molar refractivity (Wildman–Crippen MR) is 119 cm³/mol. The number of hydrogen-bond donors (Lipinski definition) is 1. The molecule has 1 N–H and O–H groups in total. The Morgan fingerprint density at radius 1 is 0.969 bits per heavy atom. The molecule has 158 valence electrons. The smallest absolute Gasteiger partial charge is 0.291 e. The number of amides is 1. The van der Waals surface area contributed by atoms with Crippen LogP contribution in [-0.2, 0) is 13.0 Å². The number of nitrogens with zero attached hydrogens (tertiary/aromatic N) is 1. The van der Waals surface area contributed by atoms with Gasteiger partial charge in [-0.05, 0) is 60.2 Å². The van der Waals surface area contributed by atoms with Crippen LogP contribution >= 0.6 is 0 Å². The van der Waals surface area contributed by atoms with Crippen molar-refractivity contribution in [2.45, 2.75) is 13.0 Å². The number of benzene rings is 3. The van der Waals surface area contributed by atoms with Crippen LogP contribution in [0.5, 0.6) is 5.75 Å². The van der Waals surface area contributed by atoms with Gasteiger partial charge in [-0.15, -0.1) is 0 Å². The molecule has 0 unspecified atom stereocenters. The number of halogens is 1. The molecule has 1 aromatic heterocycles. The first kappa shape index (κ1) is 20.9. The molecule has 4 rings (SSSR count). The maximum absolute atomic E-state index is 13.1. The third-order valence-corrected chi connectivity index (χ3v) is 4.82. The van der Waals surface area contributed by atoms with Crippen molar-refractivity contribution in [3.63, 3.8) is 0 Å². The minimum Gasteiger partial charge on any atom is -0.489 e. The molecular weight excluding hydrogens is 407 g/mol. The van der Waals surface area contributed by atoms with Gasteiger partial charge in [-0.1, -0.05) is 30.3 Å². The van der Waals surface area contributed by atoms with E-state index in [1.165, 1.54) is 12.1 Å². The summed E-state index contributed by atoms with van der Waals surface area (Å²) < 4.78 is 24.6. The van der Waals surface area contributed by atoms with Gasteiger partial charge in [-0.3, -0.25) is 4.79 Å². The van der Waals surface area contributed by atoms with E-state index in [9.17, 15) is 9.18 Å². The number of nitriles is 1. The largest absolute Gasteiger partial charge is 0.489 e. The number of carbonyl (C=O) groups excluding carboxylic acids is 1. The quantitative estimate of drug-likeness (QED) is 0.394. The summed E-state index contributed by atoms with van der Waals surface area (Å²) in [6.45, 7) is 0.257. The number of rotatable bonds is 7. The Labute approximate surface area is 184 Å². The Morgan fingerprint density at radius 3 is 2.47 bits per heavy atom. The Bertz CT molecular complexity index is 1260. The van der Waals surface area contributed by atoms with Crippen molar-refractivity contribution in [2.75, 3.05) is 5.32 Å². The lowest BCUT2D eigenvalue weighted by Gasteiger charge is -2.12. The summed E-state index contributed by atoms with van der Waals surface area (Å²) in [5.41, 5.74) is 3.01. The van der Waals surface area contributed by atoms with Crippen LogP contribution in [0.3, 0.4) is 0 Å². The number of nitrogens with one attached hydrogen (secondary N) is 1. The Kier molecular flexibility index (Phi) is 6.28. The molecule has 6 heteroatoms. The maximum Gasteiger partial charge on any atom is 0.291 e. The molecule has 32 heavy (non-hydrogen) atoms. The van der Waals surface area contributed by atoms with E-state index in [4.69, 9.17) is 14.4 Å². The second-order valence-corrected chi connectivity index (χ2v) is 7.05. The number of carbonyl (C=O) groups is 1. The van der Waals surface area contributed by atoms with E-state index in [1.807, 2.05) is 42.5 Å². The van der Waals surface area contributed by atoms with Crippen LogP contribution in [0.15, 0.2) is 89.3 Å². The summed E-state index contributed by atoms with van der Waals surface area (Å²) >= 11 is 0. The highest BCUT2D eigenvalue weighted by molar-refractivity contribution is 6.03. The minimum atomic E-state index is -0.397. The monoisotopic (exact) mass is 426 g/mol. The highest BCUT2D eigenvalue weighted by Crippen LogP contribution is 2.24. The first-order valence-electron chi connectivity index (χ1n) is 9.96. The molecule has 0 atom stereocenters. The lowest BCUT2D eigenvalue weighted by Crippen LogP contribution is -2.13. The molecule has 0 radical (unpaired) electrons. The second-order valence-electron chi connectivity index (χ2n) is 7.05. The molecule has 1 amide bonds. The van der Waals surface area contributed by atoms with Crippen LogP contribution in [0.4, 0.5) is 10.1 Å². The van der Waals surface area contributed by atoms with Crippen LogP contribution < -0.4 is 10.1 Å². The van der Waals surface area contributed by atoms with Crippen molar-refractivity contribution >= 4 is 11.6 Å². The second kappa shape index (κ2) is 9.63. The zero-order chi connectivity index (χ0) is 22.3. The lowest BCUT2D eigenvalue weighted by molar-refractivity contribution is 0.0997. The summed E-state index contributed by atoms with van der Waals surface area (Å²) in [7, 11) is 0. The van der Waals surface area contributed by atoms with Crippen LogP contribution in [0, 0.1) is 17.1 Å². The molecule has 0 aliphatic heterocycles. The van der Waals surface area contributed by atoms with Crippen molar-refractivity contribution in [1.29, 1.82) is 5.26 Å². The average Bonchev–Trinajstić information content (AvgIpc) is 3.31. The third kappa shape index (κ3) is 5.02. The number of ether oxygens (including phenoxy) is 1. The van der Waals surface area contributed by atoms with Gasteiger partial charge in [0.05, 0.1) is 12.5 Å². The summed E-state index contributed by atoms with van der Waals surface area (Å²) in [5, 5.41) is 11.6. The van der Waals surface area contributed by atoms with Gasteiger partial charge in [-0.25, -0.2) is 4.39 Å². The summed E-state index contributed by atoms with van der Waals surface area (Å²) in [4.78, 5) is 12.7. The van der Waals surface area contributed by atoms with Crippen LogP contribution in [-0.4, -0.2) is 5.91 Å². The van der Waals surface area contributed by atoms with E-state index >= 15 is 0 Å². The fraction of sp³-hybridized carbons (Fsp3) is 0.0769. The zero-order valence-electron chi connectivity index (χ0n) is 17.0. The van der Waals surface area contributed by atoms with Gasteiger partial charge >= 0.3 is 0 Å². The summed E-state index contributed by atoms with van der Waals surface area (Å²) in [5.74, 6) is 0.560. The fourth-order valence-corrected chi connectivity index (χ4v) is 3.14. The first-order chi connectivity index (χ1) is 15.6. The van der Waals surface area contributed by atoms with Gasteiger partial charge < -0.3 is 14.5 Å². The number of anilines is 1. The fourth-order valence-electron chi connectivity index (χ4n) is 3.14.